The van der Waals surface area contributed by atoms with Crippen LogP contribution in [0.25, 0.3) is 0 Å². The molecule has 0 radical (unpaired) electrons. The molecule has 1 aliphatic heterocycles. The molecule has 1 aromatic rings. The molecule has 0 fully saturated rings. The lowest BCUT2D eigenvalue weighted by Gasteiger charge is -2.30. The fraction of sp³-hybridized carbons (Fsp3) is 0.438. The van der Waals surface area contributed by atoms with Crippen molar-refractivity contribution in [2.24, 2.45) is 10.9 Å². The van der Waals surface area contributed by atoms with Crippen molar-refractivity contribution in [1.82, 2.24) is 5.32 Å². The minimum absolute atomic E-state index is 0.301. The first-order valence-electron chi connectivity index (χ1n) is 7.36. The average molecular weight is 367 g/mol. The molecule has 0 spiro atoms. The normalized spacial score (nSPS) is 21.0. The van der Waals surface area contributed by atoms with Gasteiger partial charge in [-0.25, -0.2) is 9.79 Å². The number of hydrogen-bond acceptors (Lipinski definition) is 3. The minimum Gasteiger partial charge on any atom is -0.465 e. The zero-order valence-electron chi connectivity index (χ0n) is 12.6. The molecular formula is C16H19BrN2O3. The van der Waals surface area contributed by atoms with Gasteiger partial charge in [0.05, 0.1) is 12.6 Å². The summed E-state index contributed by atoms with van der Waals surface area (Å²) in [5, 5.41) is 2.79. The molecular weight excluding hydrogens is 348 g/mol. The Labute approximate surface area is 138 Å². The lowest BCUT2D eigenvalue weighted by molar-refractivity contribution is -0.146. The molecule has 2 rings (SSSR count). The molecule has 2 atom stereocenters. The highest BCUT2D eigenvalue weighted by Gasteiger charge is 2.39. The van der Waals surface area contributed by atoms with Crippen molar-refractivity contribution in [2.75, 3.05) is 6.61 Å². The van der Waals surface area contributed by atoms with Crippen molar-refractivity contribution in [3.05, 3.63) is 34.3 Å². The molecule has 0 aliphatic carbocycles. The Morgan fingerprint density at radius 3 is 2.59 bits per heavy atom. The van der Waals surface area contributed by atoms with E-state index < -0.39 is 18.0 Å². The molecule has 22 heavy (non-hydrogen) atoms. The number of nitrogens with one attached hydrogen (secondary N) is 1. The van der Waals surface area contributed by atoms with Crippen molar-refractivity contribution >= 4 is 33.6 Å². The quantitative estimate of drug-likeness (QED) is 0.808. The van der Waals surface area contributed by atoms with Gasteiger partial charge >= 0.3 is 12.0 Å². The van der Waals surface area contributed by atoms with Crippen LogP contribution in [-0.4, -0.2) is 24.3 Å². The van der Waals surface area contributed by atoms with E-state index in [1.54, 1.807) is 6.92 Å². The fourth-order valence-electron chi connectivity index (χ4n) is 2.56. The first-order valence-corrected chi connectivity index (χ1v) is 8.16. The van der Waals surface area contributed by atoms with Gasteiger partial charge in [0.25, 0.3) is 0 Å². The molecule has 1 aromatic carbocycles. The number of ether oxygens (including phenoxy) is 1. The molecule has 1 N–H and O–H groups in total. The lowest BCUT2D eigenvalue weighted by atomic mass is 9.86. The summed E-state index contributed by atoms with van der Waals surface area (Å²) in [6, 6.07) is 6.69. The summed E-state index contributed by atoms with van der Waals surface area (Å²) in [5.74, 6) is -0.915. The van der Waals surface area contributed by atoms with Crippen molar-refractivity contribution in [3.63, 3.8) is 0 Å². The average Bonchev–Trinajstić information content (AvgIpc) is 2.48. The Balaban J connectivity index is 2.40. The SMILES string of the molecule is CCCC1=NC(=O)NC(c2ccc(Br)cc2)C1C(=O)OCC. The number of hydrogen-bond donors (Lipinski definition) is 1. The third-order valence-electron chi connectivity index (χ3n) is 3.49. The molecule has 6 heteroatoms. The second-order valence-corrected chi connectivity index (χ2v) is 5.98. The maximum Gasteiger partial charge on any atom is 0.341 e. The van der Waals surface area contributed by atoms with E-state index in [4.69, 9.17) is 4.74 Å². The number of esters is 1. The molecule has 5 nitrogen and oxygen atoms in total. The Kier molecular flexibility index (Phi) is 5.71. The van der Waals surface area contributed by atoms with Crippen LogP contribution in [0.2, 0.25) is 0 Å². The van der Waals surface area contributed by atoms with Gasteiger partial charge in [0, 0.05) is 10.2 Å². The number of benzene rings is 1. The van der Waals surface area contributed by atoms with Gasteiger partial charge in [-0.2, -0.15) is 0 Å². The third kappa shape index (κ3) is 3.74. The van der Waals surface area contributed by atoms with E-state index in [0.717, 1.165) is 16.5 Å². The van der Waals surface area contributed by atoms with Gasteiger partial charge in [-0.3, -0.25) is 4.79 Å². The van der Waals surface area contributed by atoms with Gasteiger partial charge in [-0.1, -0.05) is 41.4 Å². The van der Waals surface area contributed by atoms with Crippen LogP contribution in [0.15, 0.2) is 33.7 Å². The van der Waals surface area contributed by atoms with Crippen LogP contribution in [0.3, 0.4) is 0 Å². The van der Waals surface area contributed by atoms with E-state index in [2.05, 4.69) is 26.2 Å². The first-order chi connectivity index (χ1) is 10.6. The monoisotopic (exact) mass is 366 g/mol. The standard InChI is InChI=1S/C16H19BrN2O3/c1-3-5-12-13(15(20)22-4-2)14(19-16(21)18-12)10-6-8-11(17)9-7-10/h6-9,13-14H,3-5H2,1-2H3,(H,19,21). The summed E-state index contributed by atoms with van der Waals surface area (Å²) < 4.78 is 6.13. The summed E-state index contributed by atoms with van der Waals surface area (Å²) in [6.07, 6.45) is 1.42. The molecule has 1 aliphatic rings. The van der Waals surface area contributed by atoms with Gasteiger partial charge in [-0.15, -0.1) is 0 Å². The van der Waals surface area contributed by atoms with Crippen molar-refractivity contribution in [2.45, 2.75) is 32.7 Å². The number of nitrogens with zero attached hydrogens (tertiary/aromatic N) is 1. The third-order valence-corrected chi connectivity index (χ3v) is 4.02. The fourth-order valence-corrected chi connectivity index (χ4v) is 2.82. The number of halogens is 1. The predicted molar refractivity (Wildman–Crippen MR) is 87.9 cm³/mol. The van der Waals surface area contributed by atoms with Crippen LogP contribution in [-0.2, 0) is 9.53 Å². The summed E-state index contributed by atoms with van der Waals surface area (Å²) in [4.78, 5) is 28.2. The summed E-state index contributed by atoms with van der Waals surface area (Å²) in [7, 11) is 0. The minimum atomic E-state index is -0.571. The Morgan fingerprint density at radius 1 is 1.32 bits per heavy atom. The number of urea groups is 1. The van der Waals surface area contributed by atoms with Crippen LogP contribution in [0.5, 0.6) is 0 Å². The highest BCUT2D eigenvalue weighted by Crippen LogP contribution is 2.30. The number of aliphatic imine (C=N–C) groups is 1. The van der Waals surface area contributed by atoms with E-state index in [0.29, 0.717) is 18.7 Å². The van der Waals surface area contributed by atoms with Crippen molar-refractivity contribution < 1.29 is 14.3 Å². The Hall–Kier alpha value is -1.69. The van der Waals surface area contributed by atoms with Gasteiger partial charge in [0.15, 0.2) is 0 Å². The highest BCUT2D eigenvalue weighted by molar-refractivity contribution is 9.10. The van der Waals surface area contributed by atoms with Crippen LogP contribution in [0.1, 0.15) is 38.3 Å². The Bertz CT molecular complexity index is 584. The molecule has 2 amide bonds. The van der Waals surface area contributed by atoms with E-state index in [9.17, 15) is 9.59 Å². The molecule has 0 aromatic heterocycles. The summed E-state index contributed by atoms with van der Waals surface area (Å²) in [5.41, 5.74) is 1.45. The summed E-state index contributed by atoms with van der Waals surface area (Å²) in [6.45, 7) is 4.06. The summed E-state index contributed by atoms with van der Waals surface area (Å²) >= 11 is 3.38. The second kappa shape index (κ2) is 7.54. The Morgan fingerprint density at radius 2 is 2.00 bits per heavy atom. The maximum atomic E-state index is 12.4. The molecule has 2 unspecified atom stereocenters. The van der Waals surface area contributed by atoms with Gasteiger partial charge < -0.3 is 10.1 Å². The molecule has 0 saturated heterocycles. The molecule has 1 heterocycles. The first kappa shape index (κ1) is 16.7. The van der Waals surface area contributed by atoms with Crippen LogP contribution >= 0.6 is 15.9 Å². The second-order valence-electron chi connectivity index (χ2n) is 5.06. The number of carbonyl (C=O) groups is 2. The lowest BCUT2D eigenvalue weighted by Crippen LogP contribution is -2.45. The van der Waals surface area contributed by atoms with Crippen molar-refractivity contribution in [3.8, 4) is 0 Å². The van der Waals surface area contributed by atoms with Gasteiger partial charge in [0.1, 0.15) is 5.92 Å². The van der Waals surface area contributed by atoms with Crippen LogP contribution < -0.4 is 5.32 Å². The molecule has 0 bridgehead atoms. The van der Waals surface area contributed by atoms with Gasteiger partial charge in [0.2, 0.25) is 0 Å². The van der Waals surface area contributed by atoms with Crippen molar-refractivity contribution in [1.29, 1.82) is 0 Å². The molecule has 118 valence electrons. The number of amides is 2. The maximum absolute atomic E-state index is 12.4. The van der Waals surface area contributed by atoms with E-state index in [1.165, 1.54) is 0 Å². The van der Waals surface area contributed by atoms with E-state index >= 15 is 0 Å². The van der Waals surface area contributed by atoms with Crippen LogP contribution in [0, 0.1) is 5.92 Å². The number of rotatable bonds is 5. The largest absolute Gasteiger partial charge is 0.465 e. The zero-order chi connectivity index (χ0) is 16.1. The predicted octanol–water partition coefficient (Wildman–Crippen LogP) is 3.63. The van der Waals surface area contributed by atoms with E-state index in [1.807, 2.05) is 31.2 Å². The van der Waals surface area contributed by atoms with Gasteiger partial charge in [-0.05, 0) is 31.0 Å². The van der Waals surface area contributed by atoms with E-state index in [-0.39, 0.29) is 5.97 Å². The molecule has 0 saturated carbocycles. The number of carbonyl (C=O) groups excluding carboxylic acids is 2. The highest BCUT2D eigenvalue weighted by atomic mass is 79.9. The topological polar surface area (TPSA) is 67.8 Å². The smallest absolute Gasteiger partial charge is 0.341 e. The van der Waals surface area contributed by atoms with Crippen LogP contribution in [0.4, 0.5) is 4.79 Å². The zero-order valence-corrected chi connectivity index (χ0v) is 14.2.